The van der Waals surface area contributed by atoms with Gasteiger partial charge in [-0.3, -0.25) is 4.79 Å². The first kappa shape index (κ1) is 9.56. The van der Waals surface area contributed by atoms with Gasteiger partial charge in [0.05, 0.1) is 0 Å². The molecule has 2 heteroatoms. The fourth-order valence-electron chi connectivity index (χ4n) is 1.90. The minimum absolute atomic E-state index is 0.461. The number of carbonyl (C=O) groups excluding carboxylic acids is 1. The Hall–Kier alpha value is -0.530. The summed E-state index contributed by atoms with van der Waals surface area (Å²) in [5.74, 6) is 0. The van der Waals surface area contributed by atoms with Crippen LogP contribution in [0.5, 0.6) is 0 Å². The van der Waals surface area contributed by atoms with Gasteiger partial charge in [-0.05, 0) is 12.8 Å². The van der Waals surface area contributed by atoms with Crippen LogP contribution in [0.4, 0.5) is 0 Å². The van der Waals surface area contributed by atoms with Crippen LogP contribution in [-0.2, 0) is 4.79 Å². The van der Waals surface area contributed by atoms with E-state index >= 15 is 0 Å². The van der Waals surface area contributed by atoms with Crippen molar-refractivity contribution in [3.63, 3.8) is 0 Å². The molecule has 1 aliphatic rings. The van der Waals surface area contributed by atoms with E-state index in [1.54, 1.807) is 4.90 Å². The van der Waals surface area contributed by atoms with Gasteiger partial charge in [0.25, 0.3) is 0 Å². The molecule has 0 aromatic carbocycles. The summed E-state index contributed by atoms with van der Waals surface area (Å²) in [5, 5.41) is 0. The van der Waals surface area contributed by atoms with Crippen LogP contribution in [-0.4, -0.2) is 24.4 Å². The zero-order valence-electron chi connectivity index (χ0n) is 7.88. The van der Waals surface area contributed by atoms with Crippen LogP contribution >= 0.6 is 0 Å². The van der Waals surface area contributed by atoms with Crippen molar-refractivity contribution < 1.29 is 4.79 Å². The van der Waals surface area contributed by atoms with Gasteiger partial charge in [0.1, 0.15) is 0 Å². The SMILES string of the molecule is CN([C]=O)C1CCCCCCC1. The van der Waals surface area contributed by atoms with Crippen molar-refractivity contribution in [1.82, 2.24) is 4.90 Å². The maximum Gasteiger partial charge on any atom is 0.312 e. The second-order valence-electron chi connectivity index (χ2n) is 3.70. The highest BCUT2D eigenvalue weighted by molar-refractivity contribution is 5.48. The largest absolute Gasteiger partial charge is 0.335 e. The molecule has 12 heavy (non-hydrogen) atoms. The maximum atomic E-state index is 10.4. The van der Waals surface area contributed by atoms with E-state index in [0.717, 1.165) is 0 Å². The molecule has 0 spiro atoms. The molecule has 0 aliphatic heterocycles. The first-order chi connectivity index (χ1) is 5.84. The summed E-state index contributed by atoms with van der Waals surface area (Å²) >= 11 is 0. The monoisotopic (exact) mass is 168 g/mol. The summed E-state index contributed by atoms with van der Waals surface area (Å²) in [6, 6.07) is 0.461. The van der Waals surface area contributed by atoms with Crippen LogP contribution in [0.15, 0.2) is 0 Å². The molecule has 1 fully saturated rings. The Labute approximate surface area is 74.9 Å². The van der Waals surface area contributed by atoms with Gasteiger partial charge in [-0.1, -0.05) is 32.1 Å². The molecule has 1 radical (unpaired) electrons. The fourth-order valence-corrected chi connectivity index (χ4v) is 1.90. The number of amides is 1. The maximum absolute atomic E-state index is 10.4. The molecule has 0 unspecified atom stereocenters. The van der Waals surface area contributed by atoms with E-state index in [0.29, 0.717) is 6.04 Å². The first-order valence-electron chi connectivity index (χ1n) is 4.95. The Balaban J connectivity index is 2.33. The number of hydrogen-bond donors (Lipinski definition) is 0. The highest BCUT2D eigenvalue weighted by Crippen LogP contribution is 2.19. The molecule has 0 heterocycles. The van der Waals surface area contributed by atoms with Gasteiger partial charge < -0.3 is 4.90 Å². The molecule has 1 amide bonds. The van der Waals surface area contributed by atoms with Crippen LogP contribution in [0, 0.1) is 0 Å². The second-order valence-corrected chi connectivity index (χ2v) is 3.70. The third-order valence-corrected chi connectivity index (χ3v) is 2.77. The summed E-state index contributed by atoms with van der Waals surface area (Å²) in [5.41, 5.74) is 0. The molecule has 69 valence electrons. The summed E-state index contributed by atoms with van der Waals surface area (Å²) in [6.45, 7) is 0. The van der Waals surface area contributed by atoms with Crippen molar-refractivity contribution in [2.45, 2.75) is 51.0 Å². The van der Waals surface area contributed by atoms with Gasteiger partial charge in [-0.25, -0.2) is 0 Å². The quantitative estimate of drug-likeness (QED) is 0.578. The molecule has 0 saturated heterocycles. The molecule has 0 atom stereocenters. The van der Waals surface area contributed by atoms with E-state index in [2.05, 4.69) is 0 Å². The predicted octanol–water partition coefficient (Wildman–Crippen LogP) is 2.10. The Morgan fingerprint density at radius 3 is 2.08 bits per heavy atom. The number of rotatable bonds is 2. The summed E-state index contributed by atoms with van der Waals surface area (Å²) in [4.78, 5) is 12.1. The lowest BCUT2D eigenvalue weighted by Crippen LogP contribution is -2.30. The van der Waals surface area contributed by atoms with Crippen molar-refractivity contribution >= 4 is 6.41 Å². The van der Waals surface area contributed by atoms with E-state index in [1.165, 1.54) is 44.9 Å². The lowest BCUT2D eigenvalue weighted by molar-refractivity contribution is 0.282. The summed E-state index contributed by atoms with van der Waals surface area (Å²) < 4.78 is 0. The molecule has 1 saturated carbocycles. The molecule has 1 rings (SSSR count). The molecule has 2 nitrogen and oxygen atoms in total. The van der Waals surface area contributed by atoms with Gasteiger partial charge in [-0.15, -0.1) is 0 Å². The molecule has 0 N–H and O–H groups in total. The second kappa shape index (κ2) is 5.18. The van der Waals surface area contributed by atoms with Crippen molar-refractivity contribution in [3.8, 4) is 0 Å². The van der Waals surface area contributed by atoms with E-state index in [-0.39, 0.29) is 0 Å². The van der Waals surface area contributed by atoms with Crippen molar-refractivity contribution in [3.05, 3.63) is 0 Å². The third kappa shape index (κ3) is 2.84. The molecule has 0 aromatic heterocycles. The average Bonchev–Trinajstić information content (AvgIpc) is 2.02. The van der Waals surface area contributed by atoms with Gasteiger partial charge in [-0.2, -0.15) is 0 Å². The van der Waals surface area contributed by atoms with Crippen LogP contribution in [0.2, 0.25) is 0 Å². The smallest absolute Gasteiger partial charge is 0.312 e. The van der Waals surface area contributed by atoms with Gasteiger partial charge in [0.15, 0.2) is 0 Å². The fraction of sp³-hybridized carbons (Fsp3) is 0.900. The Kier molecular flexibility index (Phi) is 4.12. The van der Waals surface area contributed by atoms with Gasteiger partial charge in [0, 0.05) is 13.1 Å². The molecule has 0 bridgehead atoms. The lowest BCUT2D eigenvalue weighted by Gasteiger charge is -2.25. The standard InChI is InChI=1S/C10H18NO/c1-11(9-12)10-7-5-3-2-4-6-8-10/h10H,2-8H2,1H3. The Morgan fingerprint density at radius 2 is 1.58 bits per heavy atom. The first-order valence-corrected chi connectivity index (χ1v) is 4.95. The zero-order chi connectivity index (χ0) is 8.81. The van der Waals surface area contributed by atoms with E-state index < -0.39 is 0 Å². The molecule has 0 aromatic rings. The molecular formula is C10H18NO. The van der Waals surface area contributed by atoms with E-state index in [9.17, 15) is 4.79 Å². The zero-order valence-corrected chi connectivity index (χ0v) is 7.88. The minimum Gasteiger partial charge on any atom is -0.335 e. The third-order valence-electron chi connectivity index (χ3n) is 2.77. The van der Waals surface area contributed by atoms with Crippen LogP contribution < -0.4 is 0 Å². The highest BCUT2D eigenvalue weighted by atomic mass is 16.1. The van der Waals surface area contributed by atoms with Gasteiger partial charge >= 0.3 is 6.41 Å². The normalized spacial score (nSPS) is 21.1. The van der Waals surface area contributed by atoms with Gasteiger partial charge in [0.2, 0.25) is 0 Å². The Bertz CT molecular complexity index is 128. The van der Waals surface area contributed by atoms with E-state index in [1.807, 2.05) is 13.5 Å². The summed E-state index contributed by atoms with van der Waals surface area (Å²) in [7, 11) is 1.85. The number of hydrogen-bond acceptors (Lipinski definition) is 1. The predicted molar refractivity (Wildman–Crippen MR) is 49.6 cm³/mol. The van der Waals surface area contributed by atoms with Crippen molar-refractivity contribution in [2.75, 3.05) is 7.05 Å². The van der Waals surface area contributed by atoms with Crippen molar-refractivity contribution in [1.29, 1.82) is 0 Å². The van der Waals surface area contributed by atoms with E-state index in [4.69, 9.17) is 0 Å². The topological polar surface area (TPSA) is 20.3 Å². The van der Waals surface area contributed by atoms with Crippen molar-refractivity contribution in [2.24, 2.45) is 0 Å². The highest BCUT2D eigenvalue weighted by Gasteiger charge is 2.14. The molecule has 1 aliphatic carbocycles. The lowest BCUT2D eigenvalue weighted by atomic mass is 9.96. The van der Waals surface area contributed by atoms with Crippen LogP contribution in [0.25, 0.3) is 0 Å². The minimum atomic E-state index is 0.461. The number of nitrogens with zero attached hydrogens (tertiary/aromatic N) is 1. The summed E-state index contributed by atoms with van der Waals surface area (Å²) in [6.07, 6.45) is 10.9. The molecular weight excluding hydrogens is 150 g/mol. The van der Waals surface area contributed by atoms with Crippen LogP contribution in [0.1, 0.15) is 44.9 Å². The Morgan fingerprint density at radius 1 is 1.08 bits per heavy atom. The average molecular weight is 168 g/mol. The van der Waals surface area contributed by atoms with Crippen LogP contribution in [0.3, 0.4) is 0 Å².